The molecule has 0 unspecified atom stereocenters. The molecule has 0 aromatic heterocycles. The second-order valence-electron chi connectivity index (χ2n) is 6.65. The average Bonchev–Trinajstić information content (AvgIpc) is 2.59. The van der Waals surface area contributed by atoms with Gasteiger partial charge in [0, 0.05) is 5.75 Å². The summed E-state index contributed by atoms with van der Waals surface area (Å²) in [6, 6.07) is 0. The molecule has 0 radical (unpaired) electrons. The molecular formula is C21H40O2S. The van der Waals surface area contributed by atoms with Gasteiger partial charge in [-0.25, -0.2) is 0 Å². The van der Waals surface area contributed by atoms with Crippen molar-refractivity contribution in [2.24, 2.45) is 0 Å². The Balaban J connectivity index is 3.13. The van der Waals surface area contributed by atoms with E-state index in [0.717, 1.165) is 6.42 Å². The van der Waals surface area contributed by atoms with Gasteiger partial charge in [0.1, 0.15) is 6.61 Å². The molecular weight excluding hydrogens is 316 g/mol. The number of unbranched alkanes of at least 4 members (excludes halogenated alkanes) is 13. The summed E-state index contributed by atoms with van der Waals surface area (Å²) in [5.74, 6) is 0.444. The maximum atomic E-state index is 11.2. The van der Waals surface area contributed by atoms with Crippen molar-refractivity contribution in [1.82, 2.24) is 0 Å². The number of rotatable bonds is 18. The van der Waals surface area contributed by atoms with Gasteiger partial charge in [0.15, 0.2) is 0 Å². The molecule has 0 N–H and O–H groups in total. The topological polar surface area (TPSA) is 26.3 Å². The van der Waals surface area contributed by atoms with Crippen LogP contribution < -0.4 is 0 Å². The summed E-state index contributed by atoms with van der Waals surface area (Å²) >= 11 is 4.00. The van der Waals surface area contributed by atoms with E-state index in [-0.39, 0.29) is 5.97 Å². The molecule has 2 nitrogen and oxygen atoms in total. The maximum absolute atomic E-state index is 11.2. The van der Waals surface area contributed by atoms with E-state index in [2.05, 4.69) is 25.6 Å². The van der Waals surface area contributed by atoms with Gasteiger partial charge in [-0.1, -0.05) is 96.1 Å². The average molecular weight is 357 g/mol. The van der Waals surface area contributed by atoms with Crippen LogP contribution in [0.1, 0.15) is 103 Å². The monoisotopic (exact) mass is 356 g/mol. The van der Waals surface area contributed by atoms with Crippen molar-refractivity contribution in [3.8, 4) is 0 Å². The van der Waals surface area contributed by atoms with Crippen LogP contribution in [-0.4, -0.2) is 18.3 Å². The van der Waals surface area contributed by atoms with Crippen LogP contribution in [0.5, 0.6) is 0 Å². The minimum Gasteiger partial charge on any atom is -0.465 e. The molecule has 0 aromatic rings. The standard InChI is InChI=1S/C21H40O2S/c1-2-3-4-5-6-7-8-9-10-11-12-13-14-15-16-17-18-21(22)23-19-20-24/h16-17,24H,2-15,18-20H2,1H3/b17-16+. The van der Waals surface area contributed by atoms with Crippen LogP contribution in [0.25, 0.3) is 0 Å². The number of hydrogen-bond acceptors (Lipinski definition) is 3. The van der Waals surface area contributed by atoms with E-state index < -0.39 is 0 Å². The van der Waals surface area contributed by atoms with Gasteiger partial charge in [-0.15, -0.1) is 0 Å². The summed E-state index contributed by atoms with van der Waals surface area (Å²) in [7, 11) is 0. The van der Waals surface area contributed by atoms with E-state index in [0.29, 0.717) is 18.8 Å². The summed E-state index contributed by atoms with van der Waals surface area (Å²) in [6.45, 7) is 2.69. The SMILES string of the molecule is CCCCCCCCCCCCCCC/C=C/CC(=O)OCCS. The van der Waals surface area contributed by atoms with Crippen LogP contribution in [0.4, 0.5) is 0 Å². The van der Waals surface area contributed by atoms with E-state index in [1.165, 1.54) is 83.5 Å². The summed E-state index contributed by atoms with van der Waals surface area (Å²) < 4.78 is 4.95. The quantitative estimate of drug-likeness (QED) is 0.125. The highest BCUT2D eigenvalue weighted by molar-refractivity contribution is 7.80. The van der Waals surface area contributed by atoms with Crippen LogP contribution in [0.2, 0.25) is 0 Å². The molecule has 0 saturated heterocycles. The first-order chi connectivity index (χ1) is 11.8. The van der Waals surface area contributed by atoms with Crippen LogP contribution in [0.15, 0.2) is 12.2 Å². The van der Waals surface area contributed by atoms with Crippen molar-refractivity contribution in [1.29, 1.82) is 0 Å². The van der Waals surface area contributed by atoms with Gasteiger partial charge in [-0.3, -0.25) is 4.79 Å². The van der Waals surface area contributed by atoms with Crippen LogP contribution in [-0.2, 0) is 9.53 Å². The molecule has 24 heavy (non-hydrogen) atoms. The zero-order chi connectivity index (χ0) is 17.7. The molecule has 142 valence electrons. The molecule has 0 amide bonds. The first kappa shape index (κ1) is 23.6. The van der Waals surface area contributed by atoms with Crippen molar-refractivity contribution in [3.05, 3.63) is 12.2 Å². The predicted octanol–water partition coefficient (Wildman–Crippen LogP) is 6.89. The van der Waals surface area contributed by atoms with Gasteiger partial charge >= 0.3 is 5.97 Å². The minimum absolute atomic E-state index is 0.148. The highest BCUT2D eigenvalue weighted by Crippen LogP contribution is 2.13. The number of carbonyl (C=O) groups is 1. The molecule has 0 bridgehead atoms. The highest BCUT2D eigenvalue weighted by Gasteiger charge is 1.97. The van der Waals surface area contributed by atoms with Gasteiger partial charge in [-0.2, -0.15) is 12.6 Å². The molecule has 0 spiro atoms. The summed E-state index contributed by atoms with van der Waals surface area (Å²) in [4.78, 5) is 11.2. The second kappa shape index (κ2) is 20.6. The Morgan fingerprint density at radius 3 is 1.79 bits per heavy atom. The number of thiol groups is 1. The number of ether oxygens (including phenoxy) is 1. The van der Waals surface area contributed by atoms with Gasteiger partial charge in [0.05, 0.1) is 6.42 Å². The molecule has 0 aliphatic heterocycles. The fourth-order valence-corrected chi connectivity index (χ4v) is 2.89. The Bertz CT molecular complexity index is 290. The fraction of sp³-hybridized carbons (Fsp3) is 0.857. The van der Waals surface area contributed by atoms with Crippen LogP contribution in [0, 0.1) is 0 Å². The molecule has 0 aliphatic carbocycles. The Hall–Kier alpha value is -0.440. The van der Waals surface area contributed by atoms with Crippen LogP contribution in [0.3, 0.4) is 0 Å². The number of carbonyl (C=O) groups excluding carboxylic acids is 1. The van der Waals surface area contributed by atoms with E-state index in [4.69, 9.17) is 4.74 Å². The molecule has 0 saturated carbocycles. The number of allylic oxidation sites excluding steroid dienone is 1. The van der Waals surface area contributed by atoms with E-state index in [9.17, 15) is 4.79 Å². The summed E-state index contributed by atoms with van der Waals surface area (Å²) in [5, 5.41) is 0. The lowest BCUT2D eigenvalue weighted by molar-refractivity contribution is -0.141. The molecule has 0 fully saturated rings. The summed E-state index contributed by atoms with van der Waals surface area (Å²) in [5.41, 5.74) is 0. The number of esters is 1. The van der Waals surface area contributed by atoms with Crippen molar-refractivity contribution in [2.75, 3.05) is 12.4 Å². The predicted molar refractivity (Wildman–Crippen MR) is 109 cm³/mol. The molecule has 0 rings (SSSR count). The largest absolute Gasteiger partial charge is 0.465 e. The van der Waals surface area contributed by atoms with E-state index in [1.807, 2.05) is 6.08 Å². The van der Waals surface area contributed by atoms with Crippen molar-refractivity contribution >= 4 is 18.6 Å². The third-order valence-electron chi connectivity index (χ3n) is 4.28. The van der Waals surface area contributed by atoms with Gasteiger partial charge < -0.3 is 4.74 Å². The third kappa shape index (κ3) is 19.6. The molecule has 3 heteroatoms. The Kier molecular flexibility index (Phi) is 20.2. The summed E-state index contributed by atoms with van der Waals surface area (Å²) in [6.07, 6.45) is 23.6. The Labute approximate surface area is 156 Å². The lowest BCUT2D eigenvalue weighted by Crippen LogP contribution is -2.04. The normalized spacial score (nSPS) is 11.2. The molecule has 0 aliphatic rings. The zero-order valence-electron chi connectivity index (χ0n) is 15.9. The third-order valence-corrected chi connectivity index (χ3v) is 4.46. The van der Waals surface area contributed by atoms with Crippen LogP contribution >= 0.6 is 12.6 Å². The van der Waals surface area contributed by atoms with Gasteiger partial charge in [0.25, 0.3) is 0 Å². The zero-order valence-corrected chi connectivity index (χ0v) is 16.8. The minimum atomic E-state index is -0.148. The first-order valence-corrected chi connectivity index (χ1v) is 10.9. The van der Waals surface area contributed by atoms with Crippen molar-refractivity contribution in [2.45, 2.75) is 103 Å². The van der Waals surface area contributed by atoms with E-state index >= 15 is 0 Å². The molecule has 0 aromatic carbocycles. The number of hydrogen-bond donors (Lipinski definition) is 1. The first-order valence-electron chi connectivity index (χ1n) is 10.2. The van der Waals surface area contributed by atoms with E-state index in [1.54, 1.807) is 0 Å². The Morgan fingerprint density at radius 2 is 1.29 bits per heavy atom. The Morgan fingerprint density at radius 1 is 0.792 bits per heavy atom. The molecule has 0 atom stereocenters. The molecule has 0 heterocycles. The lowest BCUT2D eigenvalue weighted by Gasteiger charge is -2.02. The van der Waals surface area contributed by atoms with Crippen molar-refractivity contribution in [3.63, 3.8) is 0 Å². The second-order valence-corrected chi connectivity index (χ2v) is 7.10. The van der Waals surface area contributed by atoms with Gasteiger partial charge in [0.2, 0.25) is 0 Å². The smallest absolute Gasteiger partial charge is 0.309 e. The van der Waals surface area contributed by atoms with Crippen molar-refractivity contribution < 1.29 is 9.53 Å². The lowest BCUT2D eigenvalue weighted by atomic mass is 10.0. The van der Waals surface area contributed by atoms with Gasteiger partial charge in [-0.05, 0) is 12.8 Å². The highest BCUT2D eigenvalue weighted by atomic mass is 32.1. The maximum Gasteiger partial charge on any atom is 0.309 e. The fourth-order valence-electron chi connectivity index (χ4n) is 2.80.